The smallest absolute Gasteiger partial charge is 0.0425 e. The summed E-state index contributed by atoms with van der Waals surface area (Å²) in [5.74, 6) is 0.696. The fourth-order valence-electron chi connectivity index (χ4n) is 2.76. The van der Waals surface area contributed by atoms with Crippen molar-refractivity contribution < 1.29 is 0 Å². The van der Waals surface area contributed by atoms with E-state index in [1.165, 1.54) is 24.1 Å². The second kappa shape index (κ2) is 5.40. The van der Waals surface area contributed by atoms with Crippen LogP contribution in [0.25, 0.3) is 0 Å². The fourth-order valence-corrected chi connectivity index (χ4v) is 3.11. The molecule has 1 fully saturated rings. The van der Waals surface area contributed by atoms with E-state index in [-0.39, 0.29) is 0 Å². The van der Waals surface area contributed by atoms with Gasteiger partial charge in [0.25, 0.3) is 0 Å². The van der Waals surface area contributed by atoms with Gasteiger partial charge in [-0.3, -0.25) is 0 Å². The number of anilines is 1. The third kappa shape index (κ3) is 2.66. The molecule has 2 rings (SSSR count). The Kier molecular flexibility index (Phi) is 4.10. The standard InChI is InChI=1S/C14H21BrN2/c1-10(2)13-4-3-7-17(13)14-8-12(15)6-5-11(14)9-16/h5-6,8,10,13H,3-4,7,9,16H2,1-2H3. The van der Waals surface area contributed by atoms with Crippen LogP contribution in [0.3, 0.4) is 0 Å². The minimum atomic E-state index is 0.615. The molecule has 1 heterocycles. The van der Waals surface area contributed by atoms with Gasteiger partial charge in [-0.15, -0.1) is 0 Å². The molecule has 0 bridgehead atoms. The summed E-state index contributed by atoms with van der Waals surface area (Å²) in [6.45, 7) is 6.39. The largest absolute Gasteiger partial charge is 0.368 e. The normalized spacial score (nSPS) is 20.3. The van der Waals surface area contributed by atoms with Crippen LogP contribution in [-0.2, 0) is 6.54 Å². The van der Waals surface area contributed by atoms with Gasteiger partial charge in [-0.05, 0) is 36.5 Å². The number of nitrogens with zero attached hydrogens (tertiary/aromatic N) is 1. The molecule has 2 nitrogen and oxygen atoms in total. The van der Waals surface area contributed by atoms with Gasteiger partial charge in [0, 0.05) is 29.3 Å². The highest BCUT2D eigenvalue weighted by Crippen LogP contribution is 2.33. The molecular weight excluding hydrogens is 276 g/mol. The summed E-state index contributed by atoms with van der Waals surface area (Å²) >= 11 is 3.56. The Labute approximate surface area is 112 Å². The maximum Gasteiger partial charge on any atom is 0.0425 e. The molecule has 1 atom stereocenters. The second-order valence-electron chi connectivity index (χ2n) is 5.12. The van der Waals surface area contributed by atoms with Crippen LogP contribution < -0.4 is 10.6 Å². The Morgan fingerprint density at radius 3 is 2.88 bits per heavy atom. The summed E-state index contributed by atoms with van der Waals surface area (Å²) < 4.78 is 1.14. The Bertz CT molecular complexity index is 390. The molecule has 2 N–H and O–H groups in total. The monoisotopic (exact) mass is 296 g/mol. The summed E-state index contributed by atoms with van der Waals surface area (Å²) in [6.07, 6.45) is 2.59. The number of nitrogens with two attached hydrogens (primary N) is 1. The van der Waals surface area contributed by atoms with Crippen LogP contribution in [0.2, 0.25) is 0 Å². The third-order valence-electron chi connectivity index (χ3n) is 3.65. The number of hydrogen-bond donors (Lipinski definition) is 1. The van der Waals surface area contributed by atoms with E-state index in [1.54, 1.807) is 0 Å². The van der Waals surface area contributed by atoms with Gasteiger partial charge < -0.3 is 10.6 Å². The zero-order valence-corrected chi connectivity index (χ0v) is 12.2. The first-order valence-electron chi connectivity index (χ1n) is 6.38. The minimum absolute atomic E-state index is 0.615. The number of hydrogen-bond acceptors (Lipinski definition) is 2. The highest BCUT2D eigenvalue weighted by molar-refractivity contribution is 9.10. The zero-order valence-electron chi connectivity index (χ0n) is 10.6. The van der Waals surface area contributed by atoms with Crippen LogP contribution in [0.15, 0.2) is 22.7 Å². The molecule has 1 aliphatic rings. The lowest BCUT2D eigenvalue weighted by Gasteiger charge is -2.31. The van der Waals surface area contributed by atoms with Gasteiger partial charge >= 0.3 is 0 Å². The summed E-state index contributed by atoms with van der Waals surface area (Å²) in [5.41, 5.74) is 8.42. The molecule has 1 saturated heterocycles. The Morgan fingerprint density at radius 1 is 1.47 bits per heavy atom. The maximum atomic E-state index is 5.85. The first-order valence-corrected chi connectivity index (χ1v) is 7.18. The molecule has 0 aliphatic carbocycles. The van der Waals surface area contributed by atoms with Crippen molar-refractivity contribution in [3.8, 4) is 0 Å². The molecule has 1 unspecified atom stereocenters. The second-order valence-corrected chi connectivity index (χ2v) is 6.04. The fraction of sp³-hybridized carbons (Fsp3) is 0.571. The van der Waals surface area contributed by atoms with E-state index in [0.717, 1.165) is 11.0 Å². The van der Waals surface area contributed by atoms with E-state index >= 15 is 0 Å². The maximum absolute atomic E-state index is 5.85. The van der Waals surface area contributed by atoms with Gasteiger partial charge in [-0.25, -0.2) is 0 Å². The summed E-state index contributed by atoms with van der Waals surface area (Å²) in [5, 5.41) is 0. The molecule has 3 heteroatoms. The van der Waals surface area contributed by atoms with E-state index in [0.29, 0.717) is 18.5 Å². The van der Waals surface area contributed by atoms with Crippen molar-refractivity contribution in [3.63, 3.8) is 0 Å². The van der Waals surface area contributed by atoms with E-state index in [4.69, 9.17) is 5.73 Å². The Balaban J connectivity index is 2.35. The van der Waals surface area contributed by atoms with Crippen molar-refractivity contribution in [2.75, 3.05) is 11.4 Å². The van der Waals surface area contributed by atoms with Gasteiger partial charge in [0.2, 0.25) is 0 Å². The highest BCUT2D eigenvalue weighted by Gasteiger charge is 2.28. The van der Waals surface area contributed by atoms with Crippen molar-refractivity contribution in [1.82, 2.24) is 0 Å². The summed E-state index contributed by atoms with van der Waals surface area (Å²) in [4.78, 5) is 2.54. The number of benzene rings is 1. The van der Waals surface area contributed by atoms with Crippen LogP contribution in [-0.4, -0.2) is 12.6 Å². The van der Waals surface area contributed by atoms with E-state index in [2.05, 4.69) is 52.9 Å². The minimum Gasteiger partial charge on any atom is -0.368 e. The average Bonchev–Trinajstić information content (AvgIpc) is 2.77. The molecule has 0 aromatic heterocycles. The molecule has 1 aromatic rings. The van der Waals surface area contributed by atoms with E-state index in [1.807, 2.05) is 0 Å². The van der Waals surface area contributed by atoms with Crippen LogP contribution >= 0.6 is 15.9 Å². The molecule has 1 aromatic carbocycles. The predicted molar refractivity (Wildman–Crippen MR) is 77.2 cm³/mol. The zero-order chi connectivity index (χ0) is 12.4. The third-order valence-corrected chi connectivity index (χ3v) is 4.14. The van der Waals surface area contributed by atoms with Crippen molar-refractivity contribution in [2.24, 2.45) is 11.7 Å². The molecule has 0 amide bonds. The van der Waals surface area contributed by atoms with Gasteiger partial charge in [-0.2, -0.15) is 0 Å². The Hall–Kier alpha value is -0.540. The molecule has 1 aliphatic heterocycles. The van der Waals surface area contributed by atoms with Crippen molar-refractivity contribution in [3.05, 3.63) is 28.2 Å². The topological polar surface area (TPSA) is 29.3 Å². The van der Waals surface area contributed by atoms with Crippen molar-refractivity contribution >= 4 is 21.6 Å². The first-order chi connectivity index (χ1) is 8.13. The van der Waals surface area contributed by atoms with Gasteiger partial charge in [0.15, 0.2) is 0 Å². The van der Waals surface area contributed by atoms with Crippen molar-refractivity contribution in [1.29, 1.82) is 0 Å². The van der Waals surface area contributed by atoms with Crippen molar-refractivity contribution in [2.45, 2.75) is 39.3 Å². The van der Waals surface area contributed by atoms with Crippen LogP contribution in [0.4, 0.5) is 5.69 Å². The first kappa shape index (κ1) is 12.9. The lowest BCUT2D eigenvalue weighted by Crippen LogP contribution is -2.34. The molecular formula is C14H21BrN2. The Morgan fingerprint density at radius 2 is 2.24 bits per heavy atom. The SMILES string of the molecule is CC(C)C1CCCN1c1cc(Br)ccc1CN. The van der Waals surface area contributed by atoms with E-state index in [9.17, 15) is 0 Å². The van der Waals surface area contributed by atoms with Gasteiger partial charge in [0.05, 0.1) is 0 Å². The summed E-state index contributed by atoms with van der Waals surface area (Å²) in [7, 11) is 0. The average molecular weight is 297 g/mol. The molecule has 0 radical (unpaired) electrons. The summed E-state index contributed by atoms with van der Waals surface area (Å²) in [6, 6.07) is 7.08. The van der Waals surface area contributed by atoms with Crippen LogP contribution in [0.5, 0.6) is 0 Å². The molecule has 94 valence electrons. The van der Waals surface area contributed by atoms with E-state index < -0.39 is 0 Å². The van der Waals surface area contributed by atoms with Crippen LogP contribution in [0, 0.1) is 5.92 Å². The molecule has 0 spiro atoms. The molecule has 0 saturated carbocycles. The quantitative estimate of drug-likeness (QED) is 0.924. The predicted octanol–water partition coefficient (Wildman–Crippen LogP) is 3.53. The van der Waals surface area contributed by atoms with Gasteiger partial charge in [-0.1, -0.05) is 35.8 Å². The van der Waals surface area contributed by atoms with Crippen LogP contribution in [0.1, 0.15) is 32.3 Å². The number of halogens is 1. The number of rotatable bonds is 3. The van der Waals surface area contributed by atoms with Gasteiger partial charge in [0.1, 0.15) is 0 Å². The highest BCUT2D eigenvalue weighted by atomic mass is 79.9. The lowest BCUT2D eigenvalue weighted by molar-refractivity contribution is 0.491. The lowest BCUT2D eigenvalue weighted by atomic mass is 10.0. The molecule has 17 heavy (non-hydrogen) atoms.